The molecule has 4 atom stereocenters. The van der Waals surface area contributed by atoms with Gasteiger partial charge in [-0.3, -0.25) is 9.97 Å². The van der Waals surface area contributed by atoms with E-state index in [0.717, 1.165) is 24.6 Å². The monoisotopic (exact) mass is 757 g/mol. The van der Waals surface area contributed by atoms with Gasteiger partial charge in [-0.2, -0.15) is 26.3 Å². The summed E-state index contributed by atoms with van der Waals surface area (Å²) in [6.45, 7) is 6.41. The molecular weight excluding hydrogens is 722 g/mol. The first-order chi connectivity index (χ1) is 20.7. The van der Waals surface area contributed by atoms with Gasteiger partial charge in [-0.15, -0.1) is 0 Å². The van der Waals surface area contributed by atoms with Gasteiger partial charge in [-0.05, 0) is 63.8 Å². The fourth-order valence-electron chi connectivity index (χ4n) is 4.12. The molecule has 2 aromatic rings. The molecule has 0 amide bonds. The Labute approximate surface area is 275 Å². The van der Waals surface area contributed by atoms with Crippen molar-refractivity contribution >= 4 is 20.2 Å². The topological polar surface area (TPSA) is 173 Å². The summed E-state index contributed by atoms with van der Waals surface area (Å²) in [5.41, 5.74) is -9.07. The number of aromatic nitrogens is 2. The first-order valence-corrected chi connectivity index (χ1v) is 16.5. The molecule has 0 aromatic carbocycles. The average Bonchev–Trinajstić information content (AvgIpc) is 3.54. The van der Waals surface area contributed by atoms with Crippen molar-refractivity contribution in [2.75, 3.05) is 13.2 Å². The zero-order chi connectivity index (χ0) is 34.3. The Balaban J connectivity index is 0.000000752. The number of nitrogens with one attached hydrogen (secondary N) is 2. The minimum Gasteiger partial charge on any atom is -0.741 e. The molecule has 267 valence electrons. The summed E-state index contributed by atoms with van der Waals surface area (Å²) < 4.78 is 123. The Morgan fingerprint density at radius 2 is 1.04 bits per heavy atom. The first-order valence-electron chi connectivity index (χ1n) is 13.7. The number of pyridine rings is 2. The van der Waals surface area contributed by atoms with Crippen LogP contribution >= 0.6 is 0 Å². The summed E-state index contributed by atoms with van der Waals surface area (Å²) in [5, 5.41) is 7.59. The predicted octanol–water partition coefficient (Wildman–Crippen LogP) is 4.69. The maximum Gasteiger partial charge on any atom is 2.00 e. The van der Waals surface area contributed by atoms with Gasteiger partial charge < -0.3 is 24.5 Å². The van der Waals surface area contributed by atoms with Crippen molar-refractivity contribution in [3.8, 4) is 0 Å². The molecule has 0 unspecified atom stereocenters. The van der Waals surface area contributed by atoms with E-state index in [-0.39, 0.29) is 29.2 Å². The van der Waals surface area contributed by atoms with Crippen LogP contribution in [0.1, 0.15) is 75.8 Å². The molecule has 0 spiro atoms. The minimum absolute atomic E-state index is 0. The van der Waals surface area contributed by atoms with E-state index in [9.17, 15) is 26.3 Å². The van der Waals surface area contributed by atoms with E-state index in [1.807, 2.05) is 24.5 Å². The maximum absolute atomic E-state index is 10.7. The summed E-state index contributed by atoms with van der Waals surface area (Å²) >= 11 is 0. The van der Waals surface area contributed by atoms with E-state index in [0.29, 0.717) is 12.1 Å². The smallest absolute Gasteiger partial charge is 0.741 e. The van der Waals surface area contributed by atoms with Crippen LogP contribution in [0.2, 0.25) is 0 Å². The molecule has 46 heavy (non-hydrogen) atoms. The van der Waals surface area contributed by atoms with Gasteiger partial charge >= 0.3 is 28.1 Å². The minimum atomic E-state index is -6.09. The average molecular weight is 758 g/mol. The van der Waals surface area contributed by atoms with Gasteiger partial charge in [0, 0.05) is 49.8 Å². The van der Waals surface area contributed by atoms with E-state index < -0.39 is 31.3 Å². The number of halogens is 6. The fourth-order valence-corrected chi connectivity index (χ4v) is 4.12. The number of ether oxygens (including phenoxy) is 1. The van der Waals surface area contributed by atoms with E-state index in [2.05, 4.69) is 58.7 Å². The molecule has 0 bridgehead atoms. The number of hydrogen-bond donors (Lipinski definition) is 2. The SMILES string of the molecule is C1CCOC1.C[C@@H](N[C@@H]1CCCC[C@H]1N[C@H](C)c1ccccn1)c1ccccn1.O=S(=O)([O-])C(F)(F)F.O=S(=O)([O-])C(F)(F)F.[Cu+2]. The molecule has 2 aromatic heterocycles. The molecule has 11 nitrogen and oxygen atoms in total. The van der Waals surface area contributed by atoms with E-state index in [1.54, 1.807) is 0 Å². The van der Waals surface area contributed by atoms with Gasteiger partial charge in [0.05, 0.1) is 11.4 Å². The second kappa shape index (κ2) is 20.5. The zero-order valence-corrected chi connectivity index (χ0v) is 27.3. The number of nitrogens with zero attached hydrogens (tertiary/aromatic N) is 2. The second-order valence-corrected chi connectivity index (χ2v) is 12.6. The van der Waals surface area contributed by atoms with Crippen LogP contribution in [0.3, 0.4) is 0 Å². The third-order valence-electron chi connectivity index (χ3n) is 6.35. The Kier molecular flexibility index (Phi) is 19.6. The van der Waals surface area contributed by atoms with Crippen molar-refractivity contribution in [2.45, 2.75) is 87.6 Å². The maximum atomic E-state index is 10.7. The Morgan fingerprint density at radius 3 is 1.26 bits per heavy atom. The van der Waals surface area contributed by atoms with Crippen molar-refractivity contribution in [2.24, 2.45) is 0 Å². The van der Waals surface area contributed by atoms with Crippen LogP contribution in [0.4, 0.5) is 26.3 Å². The summed E-state index contributed by atoms with van der Waals surface area (Å²) in [6.07, 6.45) is 11.3. The number of alkyl halides is 6. The summed E-state index contributed by atoms with van der Waals surface area (Å²) in [7, 11) is -12.2. The molecule has 1 radical (unpaired) electrons. The van der Waals surface area contributed by atoms with Crippen molar-refractivity contribution < 1.29 is 74.1 Å². The predicted molar refractivity (Wildman–Crippen MR) is 149 cm³/mol. The van der Waals surface area contributed by atoms with Crippen LogP contribution in [0.15, 0.2) is 48.8 Å². The van der Waals surface area contributed by atoms with Crippen molar-refractivity contribution in [1.82, 2.24) is 20.6 Å². The third kappa shape index (κ3) is 17.3. The first kappa shape index (κ1) is 44.1. The molecule has 2 aliphatic rings. The Bertz CT molecular complexity index is 1220. The van der Waals surface area contributed by atoms with Crippen LogP contribution < -0.4 is 10.6 Å². The van der Waals surface area contributed by atoms with Crippen molar-refractivity contribution in [3.63, 3.8) is 0 Å². The largest absolute Gasteiger partial charge is 2.00 e. The normalized spacial score (nSPS) is 19.8. The Hall–Kier alpha value is -1.90. The van der Waals surface area contributed by atoms with Gasteiger partial charge in [0.25, 0.3) is 0 Å². The van der Waals surface area contributed by atoms with E-state index in [4.69, 9.17) is 30.7 Å². The van der Waals surface area contributed by atoms with Gasteiger partial charge in [0.1, 0.15) is 0 Å². The molecule has 1 aliphatic carbocycles. The standard InChI is InChI=1S/C20H28N4.C4H8O.2CHF3O3S.Cu/c1-15(17-9-5-7-13-21-17)23-19-11-3-4-12-20(19)24-16(2)18-10-6-8-14-22-18;1-2-4-5-3-1;2*2-1(3,4)8(5,6)7;/h5-10,13-16,19-20,23-24H,3-4,11-12H2,1-2H3;1-4H2;2*(H,5,6,7);/q;;;;+2/p-2/t15-,16-,19-,20-;;;;/m1..../s1. The molecule has 2 N–H and O–H groups in total. The van der Waals surface area contributed by atoms with Gasteiger partial charge in [-0.25, -0.2) is 16.8 Å². The molecule has 2 fully saturated rings. The molecule has 1 aliphatic heterocycles. The van der Waals surface area contributed by atoms with Crippen molar-refractivity contribution in [3.05, 3.63) is 60.2 Å². The van der Waals surface area contributed by atoms with Crippen LogP contribution in [0.5, 0.6) is 0 Å². The van der Waals surface area contributed by atoms with Crippen LogP contribution in [-0.4, -0.2) is 72.2 Å². The fraction of sp³-hybridized carbons (Fsp3) is 0.615. The molecule has 1 saturated heterocycles. The second-order valence-electron chi connectivity index (χ2n) is 9.90. The molecular formula is C26H36CuF6N4O7S2. The van der Waals surface area contributed by atoms with Gasteiger partial charge in [-0.1, -0.05) is 25.0 Å². The molecule has 20 heteroatoms. The number of rotatable bonds is 6. The molecule has 3 heterocycles. The third-order valence-corrected chi connectivity index (χ3v) is 7.49. The van der Waals surface area contributed by atoms with Gasteiger partial charge in [0.15, 0.2) is 20.2 Å². The molecule has 1 saturated carbocycles. The summed E-state index contributed by atoms with van der Waals surface area (Å²) in [5.74, 6) is 0. The summed E-state index contributed by atoms with van der Waals surface area (Å²) in [4.78, 5) is 8.97. The quantitative estimate of drug-likeness (QED) is 0.181. The van der Waals surface area contributed by atoms with Crippen LogP contribution in [0, 0.1) is 0 Å². The van der Waals surface area contributed by atoms with Crippen LogP contribution in [-0.2, 0) is 42.0 Å². The summed E-state index contributed by atoms with van der Waals surface area (Å²) in [6, 6.07) is 13.7. The van der Waals surface area contributed by atoms with E-state index >= 15 is 0 Å². The van der Waals surface area contributed by atoms with Gasteiger partial charge in [0.2, 0.25) is 0 Å². The number of hydrogen-bond acceptors (Lipinski definition) is 11. The molecule has 4 rings (SSSR count). The van der Waals surface area contributed by atoms with E-state index in [1.165, 1.54) is 38.5 Å². The van der Waals surface area contributed by atoms with Crippen LogP contribution in [0.25, 0.3) is 0 Å². The van der Waals surface area contributed by atoms with Crippen molar-refractivity contribution in [1.29, 1.82) is 0 Å². The Morgan fingerprint density at radius 1 is 0.717 bits per heavy atom. The zero-order valence-electron chi connectivity index (χ0n) is 24.7.